The average Bonchev–Trinajstić information content (AvgIpc) is 2.87. The minimum absolute atomic E-state index is 0.0703. The second kappa shape index (κ2) is 13.3. The highest BCUT2D eigenvalue weighted by molar-refractivity contribution is 5.74. The van der Waals surface area contributed by atoms with Gasteiger partial charge in [0.1, 0.15) is 0 Å². The van der Waals surface area contributed by atoms with Crippen LogP contribution >= 0.6 is 0 Å². The second-order valence-electron chi connectivity index (χ2n) is 9.18. The number of aromatic nitrogens is 2. The Balaban J connectivity index is 1.74. The van der Waals surface area contributed by atoms with Gasteiger partial charge in [-0.05, 0) is 82.3 Å². The zero-order valence-electron chi connectivity index (χ0n) is 21.4. The van der Waals surface area contributed by atoms with Crippen LogP contribution in [0.5, 0.6) is 0 Å². The molecule has 8 heteroatoms. The van der Waals surface area contributed by atoms with E-state index in [-0.39, 0.29) is 37.1 Å². The normalized spacial score (nSPS) is 18.4. The molecule has 2 aromatic rings. The van der Waals surface area contributed by atoms with Crippen molar-refractivity contribution >= 4 is 11.9 Å². The fourth-order valence-corrected chi connectivity index (χ4v) is 4.98. The van der Waals surface area contributed by atoms with Gasteiger partial charge >= 0.3 is 11.9 Å². The van der Waals surface area contributed by atoms with Crippen molar-refractivity contribution in [1.82, 2.24) is 19.8 Å². The highest BCUT2D eigenvalue weighted by Gasteiger charge is 2.34. The molecule has 3 rings (SSSR count). The van der Waals surface area contributed by atoms with Gasteiger partial charge in [0.15, 0.2) is 0 Å². The number of carbonyl (C=O) groups is 2. The van der Waals surface area contributed by atoms with Crippen LogP contribution in [0.1, 0.15) is 66.7 Å². The SMILES string of the molecule is COC(=O)CN(CCCCN1C(c2ncccc2C)CCC[C@@H]1c1ncccc1C)CC(=O)OC. The number of esters is 2. The van der Waals surface area contributed by atoms with E-state index in [1.54, 1.807) is 4.90 Å². The summed E-state index contributed by atoms with van der Waals surface area (Å²) >= 11 is 0. The molecule has 8 nitrogen and oxygen atoms in total. The summed E-state index contributed by atoms with van der Waals surface area (Å²) in [6.45, 7) is 5.90. The van der Waals surface area contributed by atoms with E-state index in [2.05, 4.69) is 30.9 Å². The summed E-state index contributed by atoms with van der Waals surface area (Å²) in [6, 6.07) is 8.71. The minimum atomic E-state index is -0.360. The summed E-state index contributed by atoms with van der Waals surface area (Å²) in [5, 5.41) is 0. The lowest BCUT2D eigenvalue weighted by Gasteiger charge is -2.42. The Morgan fingerprint density at radius 2 is 1.43 bits per heavy atom. The van der Waals surface area contributed by atoms with Crippen LogP contribution in [0.3, 0.4) is 0 Å². The Kier molecular flexibility index (Phi) is 10.2. The van der Waals surface area contributed by atoms with Crippen LogP contribution in [0.2, 0.25) is 0 Å². The maximum Gasteiger partial charge on any atom is 0.319 e. The summed E-state index contributed by atoms with van der Waals surface area (Å²) < 4.78 is 9.58. The molecule has 1 unspecified atom stereocenters. The van der Waals surface area contributed by atoms with Gasteiger partial charge in [-0.1, -0.05) is 12.1 Å². The van der Waals surface area contributed by atoms with Crippen LogP contribution < -0.4 is 0 Å². The quantitative estimate of drug-likeness (QED) is 0.353. The van der Waals surface area contributed by atoms with Crippen molar-refractivity contribution in [3.63, 3.8) is 0 Å². The molecule has 0 radical (unpaired) electrons. The third-order valence-corrected chi connectivity index (χ3v) is 6.79. The lowest BCUT2D eigenvalue weighted by Crippen LogP contribution is -2.39. The van der Waals surface area contributed by atoms with Crippen LogP contribution in [0.4, 0.5) is 0 Å². The van der Waals surface area contributed by atoms with Crippen molar-refractivity contribution in [2.75, 3.05) is 40.4 Å². The van der Waals surface area contributed by atoms with Crippen LogP contribution in [0.15, 0.2) is 36.7 Å². The monoisotopic (exact) mass is 482 g/mol. The number of piperidine rings is 1. The molecule has 0 N–H and O–H groups in total. The third kappa shape index (κ3) is 7.32. The molecule has 1 fully saturated rings. The number of hydrogen-bond donors (Lipinski definition) is 0. The number of unbranched alkanes of at least 4 members (excludes halogenated alkanes) is 1. The molecule has 0 saturated carbocycles. The highest BCUT2D eigenvalue weighted by Crippen LogP contribution is 2.42. The average molecular weight is 483 g/mol. The first-order valence-electron chi connectivity index (χ1n) is 12.4. The molecule has 0 spiro atoms. The van der Waals surface area contributed by atoms with E-state index < -0.39 is 0 Å². The van der Waals surface area contributed by atoms with Crippen molar-refractivity contribution in [1.29, 1.82) is 0 Å². The van der Waals surface area contributed by atoms with E-state index in [9.17, 15) is 9.59 Å². The summed E-state index contributed by atoms with van der Waals surface area (Å²) in [7, 11) is 2.71. The molecule has 35 heavy (non-hydrogen) atoms. The maximum atomic E-state index is 11.8. The number of rotatable bonds is 11. The van der Waals surface area contributed by atoms with Gasteiger partial charge in [-0.25, -0.2) is 0 Å². The van der Waals surface area contributed by atoms with Crippen molar-refractivity contribution in [3.05, 3.63) is 59.2 Å². The number of nitrogens with zero attached hydrogens (tertiary/aromatic N) is 4. The molecule has 2 atom stereocenters. The van der Waals surface area contributed by atoms with E-state index in [0.29, 0.717) is 6.54 Å². The second-order valence-corrected chi connectivity index (χ2v) is 9.18. The Morgan fingerprint density at radius 1 is 0.914 bits per heavy atom. The molecule has 2 aromatic heterocycles. The lowest BCUT2D eigenvalue weighted by atomic mass is 9.88. The molecule has 190 valence electrons. The van der Waals surface area contributed by atoms with Crippen LogP contribution in [0, 0.1) is 13.8 Å². The highest BCUT2D eigenvalue weighted by atomic mass is 16.5. The molecule has 1 aliphatic heterocycles. The van der Waals surface area contributed by atoms with Gasteiger partial charge < -0.3 is 9.47 Å². The number of ether oxygens (including phenoxy) is 2. The molecule has 1 saturated heterocycles. The van der Waals surface area contributed by atoms with Crippen molar-refractivity contribution in [2.24, 2.45) is 0 Å². The summed E-state index contributed by atoms with van der Waals surface area (Å²) in [6.07, 6.45) is 8.79. The van der Waals surface area contributed by atoms with E-state index in [4.69, 9.17) is 19.4 Å². The van der Waals surface area contributed by atoms with E-state index in [1.807, 2.05) is 24.5 Å². The van der Waals surface area contributed by atoms with E-state index >= 15 is 0 Å². The Bertz CT molecular complexity index is 912. The van der Waals surface area contributed by atoms with Crippen LogP contribution in [0.25, 0.3) is 0 Å². The Morgan fingerprint density at radius 3 is 1.89 bits per heavy atom. The van der Waals surface area contributed by atoms with Crippen LogP contribution in [-0.2, 0) is 19.1 Å². The number of pyridine rings is 2. The first-order valence-corrected chi connectivity index (χ1v) is 12.4. The van der Waals surface area contributed by atoms with Gasteiger partial charge in [0.25, 0.3) is 0 Å². The topological polar surface area (TPSA) is 84.9 Å². The molecule has 0 bridgehead atoms. The third-order valence-electron chi connectivity index (χ3n) is 6.79. The fourth-order valence-electron chi connectivity index (χ4n) is 4.98. The minimum Gasteiger partial charge on any atom is -0.468 e. The van der Waals surface area contributed by atoms with Gasteiger partial charge in [0.05, 0.1) is 50.8 Å². The summed E-state index contributed by atoms with van der Waals surface area (Å²) in [5.41, 5.74) is 4.71. The molecule has 0 aliphatic carbocycles. The zero-order chi connectivity index (χ0) is 25.2. The van der Waals surface area contributed by atoms with Crippen molar-refractivity contribution in [2.45, 2.75) is 58.0 Å². The fraction of sp³-hybridized carbons (Fsp3) is 0.556. The van der Waals surface area contributed by atoms with Gasteiger partial charge in [-0.2, -0.15) is 0 Å². The standard InChI is InChI=1S/C27H38N4O4/c1-20-10-8-14-28-26(20)22-12-7-13-23(27-21(2)11-9-15-29-27)31(22)17-6-5-16-30(18-24(32)34-3)19-25(33)35-4/h8-11,14-15,22-23H,5-7,12-13,16-19H2,1-4H3/t22-,23?/m1/s1. The van der Waals surface area contributed by atoms with Gasteiger partial charge in [0, 0.05) is 12.4 Å². The molecule has 0 aromatic carbocycles. The largest absolute Gasteiger partial charge is 0.468 e. The molecular weight excluding hydrogens is 444 g/mol. The first-order chi connectivity index (χ1) is 16.9. The summed E-state index contributed by atoms with van der Waals surface area (Å²) in [4.78, 5) is 37.5. The zero-order valence-corrected chi connectivity index (χ0v) is 21.4. The number of methoxy groups -OCH3 is 2. The predicted octanol–water partition coefficient (Wildman–Crippen LogP) is 3.79. The number of aryl methyl sites for hydroxylation is 2. The maximum absolute atomic E-state index is 11.8. The molecule has 0 amide bonds. The number of carbonyl (C=O) groups excluding carboxylic acids is 2. The van der Waals surface area contributed by atoms with Gasteiger partial charge in [-0.3, -0.25) is 29.4 Å². The Hall–Kier alpha value is -2.84. The van der Waals surface area contributed by atoms with Gasteiger partial charge in [-0.15, -0.1) is 0 Å². The summed E-state index contributed by atoms with van der Waals surface area (Å²) in [5.74, 6) is -0.720. The first kappa shape index (κ1) is 26.8. The number of hydrogen-bond acceptors (Lipinski definition) is 8. The molecule has 3 heterocycles. The van der Waals surface area contributed by atoms with Crippen LogP contribution in [-0.4, -0.2) is 72.1 Å². The number of likely N-dealkylation sites (tertiary alicyclic amines) is 1. The molecular formula is C27H38N4O4. The van der Waals surface area contributed by atoms with Gasteiger partial charge in [0.2, 0.25) is 0 Å². The molecule has 1 aliphatic rings. The smallest absolute Gasteiger partial charge is 0.319 e. The van der Waals surface area contributed by atoms with E-state index in [0.717, 1.165) is 50.0 Å². The van der Waals surface area contributed by atoms with Crippen molar-refractivity contribution < 1.29 is 19.1 Å². The van der Waals surface area contributed by atoms with Crippen molar-refractivity contribution in [3.8, 4) is 0 Å². The Labute approximate surface area is 208 Å². The van der Waals surface area contributed by atoms with E-state index in [1.165, 1.54) is 25.3 Å². The predicted molar refractivity (Wildman–Crippen MR) is 134 cm³/mol. The lowest BCUT2D eigenvalue weighted by molar-refractivity contribution is -0.145.